The molecular formula is C15H22N6O. The second-order valence-corrected chi connectivity index (χ2v) is 6.09. The summed E-state index contributed by atoms with van der Waals surface area (Å²) in [5.74, 6) is 0.0795. The van der Waals surface area contributed by atoms with E-state index in [0.717, 1.165) is 30.2 Å². The topological polar surface area (TPSA) is 59.2 Å². The van der Waals surface area contributed by atoms with Crippen LogP contribution in [0.1, 0.15) is 23.1 Å². The molecule has 1 amide bonds. The first-order valence-corrected chi connectivity index (χ1v) is 7.41. The first kappa shape index (κ1) is 14.8. The maximum Gasteiger partial charge on any atom is 0.248 e. The van der Waals surface area contributed by atoms with Gasteiger partial charge in [0, 0.05) is 47.0 Å². The Morgan fingerprint density at radius 1 is 1.45 bits per heavy atom. The molecule has 118 valence electrons. The molecule has 0 radical (unpaired) electrons. The summed E-state index contributed by atoms with van der Waals surface area (Å²) in [6.45, 7) is 4.23. The monoisotopic (exact) mass is 302 g/mol. The predicted octanol–water partition coefficient (Wildman–Crippen LogP) is 0.570. The number of aromatic nitrogens is 4. The first-order valence-electron chi connectivity index (χ1n) is 7.41. The van der Waals surface area contributed by atoms with Gasteiger partial charge in [-0.1, -0.05) is 0 Å². The summed E-state index contributed by atoms with van der Waals surface area (Å²) in [7, 11) is 5.53. The normalized spacial score (nSPS) is 18.3. The number of nitrogens with zero attached hydrogens (tertiary/aromatic N) is 6. The van der Waals surface area contributed by atoms with Crippen LogP contribution in [0, 0.1) is 6.92 Å². The van der Waals surface area contributed by atoms with Crippen LogP contribution in [-0.2, 0) is 24.9 Å². The van der Waals surface area contributed by atoms with Crippen LogP contribution in [0.25, 0.3) is 0 Å². The molecule has 2 aromatic heterocycles. The minimum Gasteiger partial charge on any atom is -0.347 e. The fourth-order valence-electron chi connectivity index (χ4n) is 3.01. The van der Waals surface area contributed by atoms with Gasteiger partial charge in [-0.3, -0.25) is 19.1 Å². The van der Waals surface area contributed by atoms with Gasteiger partial charge in [-0.2, -0.15) is 10.2 Å². The van der Waals surface area contributed by atoms with Gasteiger partial charge in [-0.15, -0.1) is 0 Å². The van der Waals surface area contributed by atoms with Crippen LogP contribution < -0.4 is 0 Å². The van der Waals surface area contributed by atoms with Gasteiger partial charge in [0.2, 0.25) is 5.91 Å². The molecule has 1 aliphatic heterocycles. The zero-order valence-electron chi connectivity index (χ0n) is 13.5. The van der Waals surface area contributed by atoms with Crippen LogP contribution in [0.15, 0.2) is 18.3 Å². The number of carbonyl (C=O) groups is 1. The summed E-state index contributed by atoms with van der Waals surface area (Å²) in [5.41, 5.74) is 3.24. The first-order chi connectivity index (χ1) is 10.5. The quantitative estimate of drug-likeness (QED) is 0.832. The summed E-state index contributed by atoms with van der Waals surface area (Å²) in [6.07, 6.45) is 1.77. The van der Waals surface area contributed by atoms with Crippen LogP contribution in [0.4, 0.5) is 0 Å². The van der Waals surface area contributed by atoms with Crippen molar-refractivity contribution in [2.45, 2.75) is 26.1 Å². The molecule has 22 heavy (non-hydrogen) atoms. The van der Waals surface area contributed by atoms with E-state index < -0.39 is 0 Å². The standard InChI is InChI=1S/C15H22N6O/c1-11-7-13(19(4)17-11)9-20-8-12-5-6-16-21(12)14(10-20)15(22)18(2)3/h5-7,14H,8-10H2,1-4H3/t14-/m0/s1. The van der Waals surface area contributed by atoms with Gasteiger partial charge in [0.15, 0.2) is 0 Å². The van der Waals surface area contributed by atoms with Crippen molar-refractivity contribution in [2.75, 3.05) is 20.6 Å². The van der Waals surface area contributed by atoms with Crippen molar-refractivity contribution >= 4 is 5.91 Å². The number of hydrogen-bond acceptors (Lipinski definition) is 4. The maximum absolute atomic E-state index is 12.4. The second kappa shape index (κ2) is 5.57. The molecule has 1 atom stereocenters. The van der Waals surface area contributed by atoms with Gasteiger partial charge >= 0.3 is 0 Å². The van der Waals surface area contributed by atoms with E-state index in [4.69, 9.17) is 0 Å². The molecule has 0 saturated carbocycles. The summed E-state index contributed by atoms with van der Waals surface area (Å²) < 4.78 is 3.76. The van der Waals surface area contributed by atoms with Gasteiger partial charge in [0.1, 0.15) is 6.04 Å². The Labute approximate surface area is 130 Å². The molecule has 0 unspecified atom stereocenters. The molecule has 1 aliphatic rings. The van der Waals surface area contributed by atoms with Crippen LogP contribution in [0.5, 0.6) is 0 Å². The van der Waals surface area contributed by atoms with E-state index in [2.05, 4.69) is 21.2 Å². The largest absolute Gasteiger partial charge is 0.347 e. The van der Waals surface area contributed by atoms with E-state index in [9.17, 15) is 4.79 Å². The number of aryl methyl sites for hydroxylation is 2. The Balaban J connectivity index is 1.84. The number of amides is 1. The van der Waals surface area contributed by atoms with Crippen LogP contribution in [0.2, 0.25) is 0 Å². The van der Waals surface area contributed by atoms with Gasteiger partial charge in [0.25, 0.3) is 0 Å². The third-order valence-electron chi connectivity index (χ3n) is 4.07. The van der Waals surface area contributed by atoms with Gasteiger partial charge in [-0.05, 0) is 19.1 Å². The molecule has 0 aromatic carbocycles. The van der Waals surface area contributed by atoms with Crippen molar-refractivity contribution < 1.29 is 4.79 Å². The predicted molar refractivity (Wildman–Crippen MR) is 82.0 cm³/mol. The van der Waals surface area contributed by atoms with E-state index in [1.165, 1.54) is 0 Å². The molecule has 3 heterocycles. The zero-order chi connectivity index (χ0) is 15.9. The zero-order valence-corrected chi connectivity index (χ0v) is 13.5. The SMILES string of the molecule is Cc1cc(CN2Cc3ccnn3[C@H](C(=O)N(C)C)C2)n(C)n1. The Morgan fingerprint density at radius 2 is 2.23 bits per heavy atom. The van der Waals surface area contributed by atoms with Crippen molar-refractivity contribution in [1.29, 1.82) is 0 Å². The summed E-state index contributed by atoms with van der Waals surface area (Å²) in [5, 5.41) is 8.72. The number of rotatable bonds is 3. The van der Waals surface area contributed by atoms with Crippen molar-refractivity contribution in [3.8, 4) is 0 Å². The fourth-order valence-corrected chi connectivity index (χ4v) is 3.01. The molecule has 0 saturated heterocycles. The Hall–Kier alpha value is -2.15. The van der Waals surface area contributed by atoms with E-state index in [1.807, 2.05) is 29.4 Å². The smallest absolute Gasteiger partial charge is 0.248 e. The van der Waals surface area contributed by atoms with Gasteiger partial charge < -0.3 is 4.90 Å². The molecule has 0 aliphatic carbocycles. The second-order valence-electron chi connectivity index (χ2n) is 6.09. The molecule has 2 aromatic rings. The summed E-state index contributed by atoms with van der Waals surface area (Å²) in [4.78, 5) is 16.4. The van der Waals surface area contributed by atoms with Crippen LogP contribution in [0.3, 0.4) is 0 Å². The molecule has 3 rings (SSSR count). The Morgan fingerprint density at radius 3 is 2.86 bits per heavy atom. The summed E-state index contributed by atoms with van der Waals surface area (Å²) >= 11 is 0. The van der Waals surface area contributed by atoms with E-state index in [0.29, 0.717) is 6.54 Å². The third kappa shape index (κ3) is 2.64. The van der Waals surface area contributed by atoms with Gasteiger partial charge in [-0.25, -0.2) is 0 Å². The molecule has 0 spiro atoms. The van der Waals surface area contributed by atoms with Crippen molar-refractivity contribution in [2.24, 2.45) is 7.05 Å². The highest BCUT2D eigenvalue weighted by molar-refractivity contribution is 5.80. The van der Waals surface area contributed by atoms with Crippen molar-refractivity contribution in [3.63, 3.8) is 0 Å². The van der Waals surface area contributed by atoms with Crippen LogP contribution >= 0.6 is 0 Å². The lowest BCUT2D eigenvalue weighted by Crippen LogP contribution is -2.44. The molecule has 0 bridgehead atoms. The molecule has 0 N–H and O–H groups in total. The fraction of sp³-hybridized carbons (Fsp3) is 0.533. The number of hydrogen-bond donors (Lipinski definition) is 0. The minimum atomic E-state index is -0.261. The van der Waals surface area contributed by atoms with E-state index >= 15 is 0 Å². The van der Waals surface area contributed by atoms with Gasteiger partial charge in [0.05, 0.1) is 17.1 Å². The molecular weight excluding hydrogens is 280 g/mol. The highest BCUT2D eigenvalue weighted by Crippen LogP contribution is 2.23. The lowest BCUT2D eigenvalue weighted by Gasteiger charge is -2.34. The average Bonchev–Trinajstić information content (AvgIpc) is 3.04. The lowest BCUT2D eigenvalue weighted by atomic mass is 10.1. The third-order valence-corrected chi connectivity index (χ3v) is 4.07. The number of fused-ring (bicyclic) bond motifs is 1. The highest BCUT2D eigenvalue weighted by Gasteiger charge is 2.32. The van der Waals surface area contributed by atoms with Crippen molar-refractivity contribution in [1.82, 2.24) is 29.4 Å². The van der Waals surface area contributed by atoms with E-state index in [-0.39, 0.29) is 11.9 Å². The Bertz CT molecular complexity index is 686. The molecule has 7 nitrogen and oxygen atoms in total. The highest BCUT2D eigenvalue weighted by atomic mass is 16.2. The number of carbonyl (C=O) groups excluding carboxylic acids is 1. The average molecular weight is 302 g/mol. The Kier molecular flexibility index (Phi) is 3.74. The molecule has 0 fully saturated rings. The maximum atomic E-state index is 12.4. The number of likely N-dealkylation sites (N-methyl/N-ethyl adjacent to an activating group) is 1. The molecule has 7 heteroatoms. The van der Waals surface area contributed by atoms with E-state index in [1.54, 1.807) is 25.2 Å². The summed E-state index contributed by atoms with van der Waals surface area (Å²) in [6, 6.07) is 3.81. The minimum absolute atomic E-state index is 0.0795. The van der Waals surface area contributed by atoms with Crippen molar-refractivity contribution in [3.05, 3.63) is 35.4 Å². The van der Waals surface area contributed by atoms with Crippen LogP contribution in [-0.4, -0.2) is 55.9 Å². The lowest BCUT2D eigenvalue weighted by molar-refractivity contribution is -0.134.